The number of amides is 1. The summed E-state index contributed by atoms with van der Waals surface area (Å²) in [4.78, 5) is 33.2. The second-order valence-corrected chi connectivity index (χ2v) is 6.62. The van der Waals surface area contributed by atoms with Crippen LogP contribution in [-0.2, 0) is 9.53 Å². The number of carbonyl (C=O) groups excluding carboxylic acids is 1. The van der Waals surface area contributed by atoms with Crippen LogP contribution in [0.15, 0.2) is 10.9 Å². The van der Waals surface area contributed by atoms with Gasteiger partial charge in [-0.3, -0.25) is 9.59 Å². The van der Waals surface area contributed by atoms with E-state index in [1.807, 2.05) is 4.90 Å². The van der Waals surface area contributed by atoms with E-state index in [2.05, 4.69) is 9.97 Å². The number of nitrogens with one attached hydrogen (secondary N) is 1. The van der Waals surface area contributed by atoms with Gasteiger partial charge in [-0.15, -0.1) is 0 Å². The second-order valence-electron chi connectivity index (χ2n) is 6.62. The van der Waals surface area contributed by atoms with Crippen molar-refractivity contribution in [2.24, 2.45) is 5.92 Å². The number of aryl methyl sites for hydroxylation is 1. The van der Waals surface area contributed by atoms with Crippen molar-refractivity contribution in [3.63, 3.8) is 0 Å². The Morgan fingerprint density at radius 1 is 1.43 bits per heavy atom. The average Bonchev–Trinajstić information content (AvgIpc) is 3.05. The molecule has 0 unspecified atom stereocenters. The van der Waals surface area contributed by atoms with Crippen molar-refractivity contribution in [2.45, 2.75) is 51.5 Å². The van der Waals surface area contributed by atoms with Crippen LogP contribution in [0.4, 0.5) is 0 Å². The number of ether oxygens (including phenoxy) is 1. The van der Waals surface area contributed by atoms with Gasteiger partial charge in [0.25, 0.3) is 5.56 Å². The summed E-state index contributed by atoms with van der Waals surface area (Å²) in [7, 11) is 0. The van der Waals surface area contributed by atoms with Gasteiger partial charge in [0.1, 0.15) is 5.82 Å². The Hall–Kier alpha value is -1.69. The maximum absolute atomic E-state index is 12.7. The topological polar surface area (TPSA) is 75.3 Å². The average molecular weight is 319 g/mol. The minimum atomic E-state index is -0.249. The molecule has 1 aliphatic carbocycles. The molecule has 3 rings (SSSR count). The van der Waals surface area contributed by atoms with Crippen LogP contribution in [-0.4, -0.2) is 40.5 Å². The lowest BCUT2D eigenvalue weighted by Crippen LogP contribution is -2.44. The Morgan fingerprint density at radius 2 is 2.22 bits per heavy atom. The van der Waals surface area contributed by atoms with Gasteiger partial charge in [0, 0.05) is 19.0 Å². The molecule has 2 heterocycles. The highest BCUT2D eigenvalue weighted by Crippen LogP contribution is 2.30. The fourth-order valence-electron chi connectivity index (χ4n) is 3.69. The molecule has 1 aromatic heterocycles. The monoisotopic (exact) mass is 319 g/mol. The number of hydrogen-bond acceptors (Lipinski definition) is 4. The largest absolute Gasteiger partial charge is 0.377 e. The predicted molar refractivity (Wildman–Crippen MR) is 86.1 cm³/mol. The fraction of sp³-hybridized carbons (Fsp3) is 0.706. The lowest BCUT2D eigenvalue weighted by molar-refractivity contribution is -0.140. The molecule has 0 aromatic carbocycles. The third-order valence-electron chi connectivity index (χ3n) is 4.91. The predicted octanol–water partition coefficient (Wildman–Crippen LogP) is 1.95. The van der Waals surface area contributed by atoms with Gasteiger partial charge >= 0.3 is 0 Å². The molecule has 1 saturated carbocycles. The van der Waals surface area contributed by atoms with Crippen molar-refractivity contribution in [3.8, 4) is 0 Å². The number of morpholine rings is 1. The lowest BCUT2D eigenvalue weighted by Gasteiger charge is -2.35. The van der Waals surface area contributed by atoms with Gasteiger partial charge in [-0.1, -0.05) is 25.7 Å². The zero-order valence-corrected chi connectivity index (χ0v) is 13.7. The number of aromatic nitrogens is 2. The summed E-state index contributed by atoms with van der Waals surface area (Å²) in [5, 5.41) is 0. The van der Waals surface area contributed by atoms with E-state index >= 15 is 0 Å². The summed E-state index contributed by atoms with van der Waals surface area (Å²) in [5.74, 6) is 1.43. The molecule has 6 nitrogen and oxygen atoms in total. The molecule has 0 radical (unpaired) electrons. The van der Waals surface area contributed by atoms with Crippen LogP contribution in [0, 0.1) is 12.8 Å². The molecular formula is C17H25N3O3. The van der Waals surface area contributed by atoms with E-state index in [1.165, 1.54) is 31.7 Å². The molecule has 2 aliphatic rings. The first-order valence-corrected chi connectivity index (χ1v) is 8.58. The second kappa shape index (κ2) is 7.25. The summed E-state index contributed by atoms with van der Waals surface area (Å²) in [6.07, 6.45) is 6.68. The van der Waals surface area contributed by atoms with Crippen LogP contribution < -0.4 is 5.56 Å². The smallest absolute Gasteiger partial charge is 0.251 e. The Bertz CT molecular complexity index is 607. The summed E-state index contributed by atoms with van der Waals surface area (Å²) >= 11 is 0. The SMILES string of the molecule is Cc1nc([C@H]2COCCN2C(=O)CCC2CCCC2)cc(=O)[nH]1. The van der Waals surface area contributed by atoms with Crippen LogP contribution in [0.3, 0.4) is 0 Å². The van der Waals surface area contributed by atoms with E-state index in [9.17, 15) is 9.59 Å². The number of H-pyrrole nitrogens is 1. The van der Waals surface area contributed by atoms with Crippen molar-refractivity contribution in [1.29, 1.82) is 0 Å². The van der Waals surface area contributed by atoms with E-state index in [1.54, 1.807) is 6.92 Å². The zero-order valence-electron chi connectivity index (χ0n) is 13.7. The Balaban J connectivity index is 1.69. The van der Waals surface area contributed by atoms with Crippen LogP contribution >= 0.6 is 0 Å². The molecule has 23 heavy (non-hydrogen) atoms. The van der Waals surface area contributed by atoms with E-state index in [0.717, 1.165) is 6.42 Å². The minimum Gasteiger partial charge on any atom is -0.377 e. The quantitative estimate of drug-likeness (QED) is 0.920. The maximum Gasteiger partial charge on any atom is 0.251 e. The first-order valence-electron chi connectivity index (χ1n) is 8.58. The fourth-order valence-corrected chi connectivity index (χ4v) is 3.69. The van der Waals surface area contributed by atoms with Crippen molar-refractivity contribution in [3.05, 3.63) is 27.9 Å². The standard InChI is InChI=1S/C17H25N3O3/c1-12-18-14(10-16(21)19-12)15-11-23-9-8-20(15)17(22)7-6-13-4-2-3-5-13/h10,13,15H,2-9,11H2,1H3,(H,18,19,21)/t15-/m1/s1. The summed E-state index contributed by atoms with van der Waals surface area (Å²) in [6.45, 7) is 3.28. The van der Waals surface area contributed by atoms with Crippen molar-refractivity contribution < 1.29 is 9.53 Å². The van der Waals surface area contributed by atoms with E-state index in [-0.39, 0.29) is 17.5 Å². The highest BCUT2D eigenvalue weighted by Gasteiger charge is 2.30. The highest BCUT2D eigenvalue weighted by atomic mass is 16.5. The molecule has 0 bridgehead atoms. The maximum atomic E-state index is 12.7. The van der Waals surface area contributed by atoms with Gasteiger partial charge in [0.2, 0.25) is 5.91 Å². The van der Waals surface area contributed by atoms with E-state index < -0.39 is 0 Å². The third-order valence-corrected chi connectivity index (χ3v) is 4.91. The van der Waals surface area contributed by atoms with Gasteiger partial charge in [0.15, 0.2) is 0 Å². The van der Waals surface area contributed by atoms with Crippen LogP contribution in [0.25, 0.3) is 0 Å². The number of aromatic amines is 1. The molecule has 2 fully saturated rings. The van der Waals surface area contributed by atoms with Gasteiger partial charge in [-0.25, -0.2) is 4.98 Å². The molecule has 1 atom stereocenters. The Labute approximate surface area is 136 Å². The molecule has 1 saturated heterocycles. The Morgan fingerprint density at radius 3 is 2.96 bits per heavy atom. The van der Waals surface area contributed by atoms with Gasteiger partial charge < -0.3 is 14.6 Å². The third kappa shape index (κ3) is 3.99. The molecule has 126 valence electrons. The molecule has 0 spiro atoms. The summed E-state index contributed by atoms with van der Waals surface area (Å²) in [5.41, 5.74) is 0.441. The van der Waals surface area contributed by atoms with Crippen molar-refractivity contribution in [2.75, 3.05) is 19.8 Å². The number of rotatable bonds is 4. The van der Waals surface area contributed by atoms with Crippen LogP contribution in [0.5, 0.6) is 0 Å². The summed E-state index contributed by atoms with van der Waals surface area (Å²) < 4.78 is 5.53. The van der Waals surface area contributed by atoms with Gasteiger partial charge in [-0.2, -0.15) is 0 Å². The lowest BCUT2D eigenvalue weighted by atomic mass is 10.0. The molecule has 1 aliphatic heterocycles. The van der Waals surface area contributed by atoms with Gasteiger partial charge in [0.05, 0.1) is 24.9 Å². The van der Waals surface area contributed by atoms with Crippen molar-refractivity contribution in [1.82, 2.24) is 14.9 Å². The molecule has 1 aromatic rings. The molecular weight excluding hydrogens is 294 g/mol. The van der Waals surface area contributed by atoms with Crippen LogP contribution in [0.2, 0.25) is 0 Å². The number of nitrogens with zero attached hydrogens (tertiary/aromatic N) is 2. The number of carbonyl (C=O) groups is 1. The molecule has 1 amide bonds. The first kappa shape index (κ1) is 16.2. The first-order chi connectivity index (χ1) is 11.1. The summed E-state index contributed by atoms with van der Waals surface area (Å²) in [6, 6.07) is 1.23. The number of hydrogen-bond donors (Lipinski definition) is 1. The van der Waals surface area contributed by atoms with Crippen molar-refractivity contribution >= 4 is 5.91 Å². The zero-order chi connectivity index (χ0) is 16.2. The van der Waals surface area contributed by atoms with Gasteiger partial charge in [-0.05, 0) is 19.3 Å². The normalized spacial score (nSPS) is 22.5. The highest BCUT2D eigenvalue weighted by molar-refractivity contribution is 5.76. The van der Waals surface area contributed by atoms with E-state index in [4.69, 9.17) is 4.74 Å². The molecule has 6 heteroatoms. The Kier molecular flexibility index (Phi) is 5.10. The molecule has 1 N–H and O–H groups in total. The minimum absolute atomic E-state index is 0.157. The van der Waals surface area contributed by atoms with Crippen LogP contribution in [0.1, 0.15) is 56.1 Å². The van der Waals surface area contributed by atoms with E-state index in [0.29, 0.717) is 43.6 Å².